The number of ether oxygens (including phenoxy) is 1. The van der Waals surface area contributed by atoms with Crippen LogP contribution < -0.4 is 10.9 Å². The summed E-state index contributed by atoms with van der Waals surface area (Å²) in [5.74, 6) is 1.62. The molecule has 0 bridgehead atoms. The third-order valence-corrected chi connectivity index (χ3v) is 7.42. The Morgan fingerprint density at radius 1 is 1.15 bits per heavy atom. The van der Waals surface area contributed by atoms with Crippen LogP contribution in [0.2, 0.25) is 0 Å². The molecule has 4 rings (SSSR count). The number of H-pyrrole nitrogens is 1. The highest BCUT2D eigenvalue weighted by Crippen LogP contribution is 2.46. The molecule has 1 saturated heterocycles. The lowest BCUT2D eigenvalue weighted by Crippen LogP contribution is -2.36. The van der Waals surface area contributed by atoms with E-state index in [1.807, 2.05) is 4.68 Å². The number of hydrogen-bond donors (Lipinski definition) is 2. The molecule has 1 aliphatic carbocycles. The van der Waals surface area contributed by atoms with Gasteiger partial charge in [0, 0.05) is 11.9 Å². The van der Waals surface area contributed by atoms with E-state index in [1.54, 1.807) is 11.8 Å². The number of carbonyl (C=O) groups excluding carboxylic acids is 1. The Morgan fingerprint density at radius 2 is 1.92 bits per heavy atom. The van der Waals surface area contributed by atoms with Gasteiger partial charge in [0.15, 0.2) is 0 Å². The molecule has 1 saturated carbocycles. The Labute approximate surface area is 158 Å². The summed E-state index contributed by atoms with van der Waals surface area (Å²) >= 11 is 1.65. The maximum absolute atomic E-state index is 12.9. The van der Waals surface area contributed by atoms with Crippen molar-refractivity contribution in [2.45, 2.75) is 75.7 Å². The van der Waals surface area contributed by atoms with Crippen molar-refractivity contribution in [2.75, 3.05) is 17.7 Å². The van der Waals surface area contributed by atoms with E-state index >= 15 is 0 Å². The zero-order valence-corrected chi connectivity index (χ0v) is 16.5. The van der Waals surface area contributed by atoms with Crippen LogP contribution in [-0.4, -0.2) is 33.6 Å². The first-order valence-corrected chi connectivity index (χ1v) is 10.9. The zero-order chi connectivity index (χ0) is 18.3. The average Bonchev–Trinajstić information content (AvgIpc) is 2.81. The number of anilines is 1. The van der Waals surface area contributed by atoms with Crippen molar-refractivity contribution in [1.82, 2.24) is 9.78 Å². The van der Waals surface area contributed by atoms with Crippen molar-refractivity contribution in [2.24, 2.45) is 5.92 Å². The van der Waals surface area contributed by atoms with Gasteiger partial charge in [-0.25, -0.2) is 0 Å². The molecular formula is C19H29N3O3S. The van der Waals surface area contributed by atoms with Gasteiger partial charge in [-0.05, 0) is 45.4 Å². The van der Waals surface area contributed by atoms with Crippen LogP contribution in [-0.2, 0) is 9.53 Å². The second kappa shape index (κ2) is 7.08. The fourth-order valence-corrected chi connectivity index (χ4v) is 6.11. The second-order valence-corrected chi connectivity index (χ2v) is 9.64. The molecule has 1 aromatic heterocycles. The van der Waals surface area contributed by atoms with E-state index < -0.39 is 0 Å². The first-order valence-electron chi connectivity index (χ1n) is 9.84. The maximum Gasteiger partial charge on any atom is 0.270 e. The SMILES string of the molecule is CC1(C)C[C@@H](n2[nH]c(=O)c3c2NC(=O)CS[C@@H]3C2CCCCC2)CCO1. The number of aromatic amines is 1. The molecule has 0 radical (unpaired) electrons. The van der Waals surface area contributed by atoms with Gasteiger partial charge in [0.2, 0.25) is 5.91 Å². The monoisotopic (exact) mass is 379 g/mol. The van der Waals surface area contributed by atoms with E-state index in [0.29, 0.717) is 24.1 Å². The summed E-state index contributed by atoms with van der Waals surface area (Å²) in [5.41, 5.74) is 0.537. The number of nitrogens with zero attached hydrogens (tertiary/aromatic N) is 1. The summed E-state index contributed by atoms with van der Waals surface area (Å²) < 4.78 is 7.77. The molecule has 3 heterocycles. The van der Waals surface area contributed by atoms with Crippen LogP contribution in [0.25, 0.3) is 0 Å². The molecule has 2 N–H and O–H groups in total. The smallest absolute Gasteiger partial charge is 0.270 e. The molecule has 2 aliphatic heterocycles. The molecule has 26 heavy (non-hydrogen) atoms. The first kappa shape index (κ1) is 18.2. The highest BCUT2D eigenvalue weighted by atomic mass is 32.2. The number of fused-ring (bicyclic) bond motifs is 1. The van der Waals surface area contributed by atoms with Crippen LogP contribution in [0, 0.1) is 5.92 Å². The van der Waals surface area contributed by atoms with E-state index in [0.717, 1.165) is 31.2 Å². The molecule has 0 aromatic carbocycles. The zero-order valence-electron chi connectivity index (χ0n) is 15.7. The summed E-state index contributed by atoms with van der Waals surface area (Å²) in [5, 5.41) is 6.21. The number of carbonyl (C=O) groups is 1. The highest BCUT2D eigenvalue weighted by Gasteiger charge is 2.38. The van der Waals surface area contributed by atoms with Gasteiger partial charge in [0.05, 0.1) is 23.0 Å². The minimum absolute atomic E-state index is 0.00590. The fraction of sp³-hybridized carbons (Fsp3) is 0.789. The predicted molar refractivity (Wildman–Crippen MR) is 104 cm³/mol. The van der Waals surface area contributed by atoms with Gasteiger partial charge in [0.1, 0.15) is 5.82 Å². The van der Waals surface area contributed by atoms with Gasteiger partial charge in [0.25, 0.3) is 5.56 Å². The van der Waals surface area contributed by atoms with Crippen molar-refractivity contribution in [3.05, 3.63) is 15.9 Å². The molecule has 0 unspecified atom stereocenters. The van der Waals surface area contributed by atoms with Crippen LogP contribution in [0.5, 0.6) is 0 Å². The minimum Gasteiger partial charge on any atom is -0.375 e. The van der Waals surface area contributed by atoms with Crippen molar-refractivity contribution >= 4 is 23.5 Å². The summed E-state index contributed by atoms with van der Waals surface area (Å²) in [6, 6.07) is 0.144. The molecule has 6 nitrogen and oxygen atoms in total. The summed E-state index contributed by atoms with van der Waals surface area (Å²) in [6.07, 6.45) is 7.71. The largest absolute Gasteiger partial charge is 0.375 e. The Bertz CT molecular complexity index is 733. The van der Waals surface area contributed by atoms with E-state index in [4.69, 9.17) is 4.74 Å². The van der Waals surface area contributed by atoms with Gasteiger partial charge in [-0.2, -0.15) is 0 Å². The van der Waals surface area contributed by atoms with Crippen molar-refractivity contribution in [3.8, 4) is 0 Å². The number of nitrogens with one attached hydrogen (secondary N) is 2. The average molecular weight is 380 g/mol. The van der Waals surface area contributed by atoms with Gasteiger partial charge >= 0.3 is 0 Å². The van der Waals surface area contributed by atoms with Gasteiger partial charge < -0.3 is 10.1 Å². The molecule has 1 amide bonds. The van der Waals surface area contributed by atoms with Gasteiger partial charge in [-0.1, -0.05) is 19.3 Å². The van der Waals surface area contributed by atoms with Crippen LogP contribution in [0.15, 0.2) is 4.79 Å². The Morgan fingerprint density at radius 3 is 2.65 bits per heavy atom. The van der Waals surface area contributed by atoms with E-state index in [9.17, 15) is 9.59 Å². The lowest BCUT2D eigenvalue weighted by molar-refractivity contribution is -0.113. The highest BCUT2D eigenvalue weighted by molar-refractivity contribution is 8.00. The van der Waals surface area contributed by atoms with Crippen LogP contribution in [0.3, 0.4) is 0 Å². The van der Waals surface area contributed by atoms with Gasteiger partial charge in [-0.3, -0.25) is 19.4 Å². The summed E-state index contributed by atoms with van der Waals surface area (Å²) in [7, 11) is 0. The van der Waals surface area contributed by atoms with Gasteiger partial charge in [-0.15, -0.1) is 11.8 Å². The minimum atomic E-state index is -0.219. The van der Waals surface area contributed by atoms with Crippen molar-refractivity contribution in [1.29, 1.82) is 0 Å². The molecule has 7 heteroatoms. The molecule has 0 spiro atoms. The lowest BCUT2D eigenvalue weighted by atomic mass is 9.84. The molecule has 144 valence electrons. The van der Waals surface area contributed by atoms with Crippen molar-refractivity contribution < 1.29 is 9.53 Å². The number of amides is 1. The van der Waals surface area contributed by atoms with E-state index in [2.05, 4.69) is 24.3 Å². The number of thioether (sulfide) groups is 1. The topological polar surface area (TPSA) is 76.1 Å². The van der Waals surface area contributed by atoms with E-state index in [1.165, 1.54) is 19.3 Å². The maximum atomic E-state index is 12.9. The molecule has 3 aliphatic rings. The van der Waals surface area contributed by atoms with Crippen LogP contribution in [0.1, 0.15) is 75.6 Å². The Hall–Kier alpha value is -1.21. The normalized spacial score (nSPS) is 29.7. The fourth-order valence-electron chi connectivity index (χ4n) is 4.77. The third kappa shape index (κ3) is 3.48. The molecule has 2 fully saturated rings. The number of hydrogen-bond acceptors (Lipinski definition) is 4. The second-order valence-electron chi connectivity index (χ2n) is 8.51. The lowest BCUT2D eigenvalue weighted by Gasteiger charge is -2.36. The first-order chi connectivity index (χ1) is 12.4. The predicted octanol–water partition coefficient (Wildman–Crippen LogP) is 3.61. The summed E-state index contributed by atoms with van der Waals surface area (Å²) in [4.78, 5) is 25.3. The molecule has 2 atom stereocenters. The number of rotatable bonds is 2. The Balaban J connectivity index is 1.72. The molecular weight excluding hydrogens is 350 g/mol. The van der Waals surface area contributed by atoms with Crippen molar-refractivity contribution in [3.63, 3.8) is 0 Å². The third-order valence-electron chi connectivity index (χ3n) is 6.01. The van der Waals surface area contributed by atoms with Crippen LogP contribution >= 0.6 is 11.8 Å². The molecule has 1 aromatic rings. The summed E-state index contributed by atoms with van der Waals surface area (Å²) in [6.45, 7) is 4.83. The van der Waals surface area contributed by atoms with E-state index in [-0.39, 0.29) is 28.4 Å². The quantitative estimate of drug-likeness (QED) is 0.823. The standard InChI is InChI=1S/C19H29N3O3S/c1-19(2)10-13(8-9-25-19)22-17-15(18(24)21-22)16(26-11-14(23)20-17)12-6-4-3-5-7-12/h12-13,16H,3-11H2,1-2H3,(H,20,23)(H,21,24)/t13-,16+/m0/s1. The van der Waals surface area contributed by atoms with Crippen LogP contribution in [0.4, 0.5) is 5.82 Å². The Kier molecular flexibility index (Phi) is 4.94. The number of aromatic nitrogens is 2.